The minimum absolute atomic E-state index is 0.0590. The summed E-state index contributed by atoms with van der Waals surface area (Å²) in [5.41, 5.74) is -2.98. The van der Waals surface area contributed by atoms with Crippen LogP contribution in [0.5, 0.6) is 0 Å². The van der Waals surface area contributed by atoms with E-state index in [0.29, 0.717) is 16.8 Å². The van der Waals surface area contributed by atoms with Gasteiger partial charge < -0.3 is 5.32 Å². The van der Waals surface area contributed by atoms with Crippen molar-refractivity contribution >= 4 is 23.5 Å². The molecule has 0 aliphatic carbocycles. The van der Waals surface area contributed by atoms with Crippen molar-refractivity contribution in [3.05, 3.63) is 59.4 Å². The van der Waals surface area contributed by atoms with Gasteiger partial charge in [0.25, 0.3) is 5.91 Å². The van der Waals surface area contributed by atoms with Crippen molar-refractivity contribution in [2.24, 2.45) is 0 Å². The number of carbonyl (C=O) groups is 2. The maximum absolute atomic E-state index is 12.5. The van der Waals surface area contributed by atoms with Crippen molar-refractivity contribution < 1.29 is 22.8 Å². The van der Waals surface area contributed by atoms with Gasteiger partial charge in [0.1, 0.15) is 5.78 Å². The fourth-order valence-electron chi connectivity index (χ4n) is 2.32. The highest BCUT2D eigenvalue weighted by Gasteiger charge is 2.29. The summed E-state index contributed by atoms with van der Waals surface area (Å²) in [6.45, 7) is 3.12. The number of alkyl halides is 3. The van der Waals surface area contributed by atoms with E-state index < -0.39 is 17.5 Å². The monoisotopic (exact) mass is 382 g/mol. The molecule has 0 radical (unpaired) electrons. The topological polar surface area (TPSA) is 59.1 Å². The van der Waals surface area contributed by atoms with Crippen LogP contribution in [-0.2, 0) is 11.2 Å². The van der Waals surface area contributed by atoms with Crippen LogP contribution in [0, 0.1) is 0 Å². The van der Waals surface area contributed by atoms with Crippen LogP contribution in [-0.4, -0.2) is 22.2 Å². The summed E-state index contributed by atoms with van der Waals surface area (Å²) in [7, 11) is 0. The van der Waals surface area contributed by atoms with Gasteiger partial charge in [-0.25, -0.2) is 0 Å². The minimum atomic E-state index is -4.37. The predicted octanol–water partition coefficient (Wildman–Crippen LogP) is 4.32. The average Bonchev–Trinajstić information content (AvgIpc) is 2.53. The number of rotatable bonds is 6. The molecule has 1 heterocycles. The molecule has 2 rings (SSSR count). The lowest BCUT2D eigenvalue weighted by atomic mass is 10.1. The van der Waals surface area contributed by atoms with Crippen LogP contribution >= 0.6 is 11.8 Å². The largest absolute Gasteiger partial charge is 0.446 e. The standard InChI is InChI=1S/C18H17F3N2O2S/c1-11(24)8-15-9-14(6-7-22-15)17(25)23-12(2)13-4-3-5-16(10-13)26-18(19,20)21/h3-7,9-10,12H,8H2,1-2H3,(H,23,25). The SMILES string of the molecule is CC(=O)Cc1cc(C(=O)NC(C)c2cccc(SC(F)(F)F)c2)ccn1. The van der Waals surface area contributed by atoms with Crippen LogP contribution in [0.2, 0.25) is 0 Å². The molecule has 4 nitrogen and oxygen atoms in total. The summed E-state index contributed by atoms with van der Waals surface area (Å²) < 4.78 is 37.5. The van der Waals surface area contributed by atoms with E-state index in [9.17, 15) is 22.8 Å². The molecule has 1 atom stereocenters. The van der Waals surface area contributed by atoms with Crippen molar-refractivity contribution in [2.75, 3.05) is 0 Å². The Hall–Kier alpha value is -2.35. The zero-order valence-electron chi connectivity index (χ0n) is 14.1. The van der Waals surface area contributed by atoms with E-state index in [-0.39, 0.29) is 28.9 Å². The lowest BCUT2D eigenvalue weighted by molar-refractivity contribution is -0.116. The third-order valence-corrected chi connectivity index (χ3v) is 4.17. The van der Waals surface area contributed by atoms with Crippen molar-refractivity contribution in [2.45, 2.75) is 36.7 Å². The lowest BCUT2D eigenvalue weighted by Crippen LogP contribution is -2.26. The highest BCUT2D eigenvalue weighted by molar-refractivity contribution is 8.00. The van der Waals surface area contributed by atoms with Gasteiger partial charge in [0.2, 0.25) is 0 Å². The van der Waals surface area contributed by atoms with E-state index in [1.54, 1.807) is 13.0 Å². The van der Waals surface area contributed by atoms with Crippen molar-refractivity contribution in [1.82, 2.24) is 10.3 Å². The van der Waals surface area contributed by atoms with Crippen LogP contribution in [0.25, 0.3) is 0 Å². The van der Waals surface area contributed by atoms with E-state index >= 15 is 0 Å². The van der Waals surface area contributed by atoms with Gasteiger partial charge in [-0.1, -0.05) is 12.1 Å². The summed E-state index contributed by atoms with van der Waals surface area (Å²) in [4.78, 5) is 27.6. The summed E-state index contributed by atoms with van der Waals surface area (Å²) in [5.74, 6) is -0.457. The van der Waals surface area contributed by atoms with Crippen LogP contribution in [0.15, 0.2) is 47.5 Å². The molecule has 2 aromatic rings. The molecular weight excluding hydrogens is 365 g/mol. The highest BCUT2D eigenvalue weighted by atomic mass is 32.2. The van der Waals surface area contributed by atoms with Gasteiger partial charge in [-0.05, 0) is 55.4 Å². The molecule has 0 spiro atoms. The number of hydrogen-bond acceptors (Lipinski definition) is 4. The molecule has 0 aliphatic heterocycles. The van der Waals surface area contributed by atoms with Crippen molar-refractivity contribution in [3.63, 3.8) is 0 Å². The quantitative estimate of drug-likeness (QED) is 0.756. The summed E-state index contributed by atoms with van der Waals surface area (Å²) in [5, 5.41) is 2.74. The normalized spacial score (nSPS) is 12.5. The van der Waals surface area contributed by atoms with Gasteiger partial charge in [0.15, 0.2) is 0 Å². The number of amides is 1. The Morgan fingerprint density at radius 1 is 1.23 bits per heavy atom. The van der Waals surface area contributed by atoms with Crippen LogP contribution in [0.1, 0.15) is 41.5 Å². The number of nitrogens with zero attached hydrogens (tertiary/aromatic N) is 1. The molecule has 0 saturated carbocycles. The number of aromatic nitrogens is 1. The molecule has 1 aromatic carbocycles. The molecule has 1 aromatic heterocycles. The number of carbonyl (C=O) groups excluding carboxylic acids is 2. The Morgan fingerprint density at radius 3 is 2.62 bits per heavy atom. The molecule has 8 heteroatoms. The zero-order chi connectivity index (χ0) is 19.3. The number of nitrogens with one attached hydrogen (secondary N) is 1. The highest BCUT2D eigenvalue weighted by Crippen LogP contribution is 2.37. The number of halogens is 3. The second-order valence-electron chi connectivity index (χ2n) is 5.73. The number of thioether (sulfide) groups is 1. The number of benzene rings is 1. The minimum Gasteiger partial charge on any atom is -0.346 e. The van der Waals surface area contributed by atoms with Gasteiger partial charge in [0, 0.05) is 28.8 Å². The zero-order valence-corrected chi connectivity index (χ0v) is 14.9. The molecule has 0 bridgehead atoms. The summed E-state index contributed by atoms with van der Waals surface area (Å²) in [6, 6.07) is 8.49. The Balaban J connectivity index is 2.09. The first-order chi connectivity index (χ1) is 12.1. The summed E-state index contributed by atoms with van der Waals surface area (Å²) >= 11 is -0.198. The lowest BCUT2D eigenvalue weighted by Gasteiger charge is -2.16. The second-order valence-corrected chi connectivity index (χ2v) is 6.87. The van der Waals surface area contributed by atoms with E-state index in [4.69, 9.17) is 0 Å². The van der Waals surface area contributed by atoms with Gasteiger partial charge in [-0.2, -0.15) is 13.2 Å². The van der Waals surface area contributed by atoms with Gasteiger partial charge in [-0.3, -0.25) is 14.6 Å². The van der Waals surface area contributed by atoms with E-state index in [0.717, 1.165) is 0 Å². The smallest absolute Gasteiger partial charge is 0.346 e. The molecule has 0 fully saturated rings. The molecule has 1 unspecified atom stereocenters. The third-order valence-electron chi connectivity index (χ3n) is 3.45. The Kier molecular flexibility index (Phi) is 6.42. The molecule has 26 heavy (non-hydrogen) atoms. The maximum Gasteiger partial charge on any atom is 0.446 e. The summed E-state index contributed by atoms with van der Waals surface area (Å²) in [6.07, 6.45) is 1.58. The fraction of sp³-hybridized carbons (Fsp3) is 0.278. The molecule has 0 aliphatic rings. The predicted molar refractivity (Wildman–Crippen MR) is 92.9 cm³/mol. The number of hydrogen-bond donors (Lipinski definition) is 1. The molecular formula is C18H17F3N2O2S. The van der Waals surface area contributed by atoms with E-state index in [1.165, 1.54) is 43.5 Å². The van der Waals surface area contributed by atoms with Crippen molar-refractivity contribution in [1.29, 1.82) is 0 Å². The maximum atomic E-state index is 12.5. The Labute approximate surface area is 153 Å². The molecule has 138 valence electrons. The van der Waals surface area contributed by atoms with Crippen LogP contribution < -0.4 is 5.32 Å². The number of ketones is 1. The molecule has 0 saturated heterocycles. The first-order valence-corrected chi connectivity index (χ1v) is 8.56. The van der Waals surface area contributed by atoms with E-state index in [1.807, 2.05) is 0 Å². The molecule has 1 amide bonds. The number of Topliss-reactive ketones (excluding diaryl/α,β-unsaturated/α-hetero) is 1. The third kappa shape index (κ3) is 6.18. The van der Waals surface area contributed by atoms with Gasteiger partial charge in [0.05, 0.1) is 6.04 Å². The first-order valence-electron chi connectivity index (χ1n) is 7.75. The van der Waals surface area contributed by atoms with Gasteiger partial charge >= 0.3 is 5.51 Å². The van der Waals surface area contributed by atoms with E-state index in [2.05, 4.69) is 10.3 Å². The number of pyridine rings is 1. The Bertz CT molecular complexity index is 809. The fourth-order valence-corrected chi connectivity index (χ4v) is 2.92. The average molecular weight is 382 g/mol. The first kappa shape index (κ1) is 20.0. The Morgan fingerprint density at radius 2 is 1.96 bits per heavy atom. The second kappa shape index (κ2) is 8.35. The van der Waals surface area contributed by atoms with Crippen molar-refractivity contribution in [3.8, 4) is 0 Å². The molecule has 1 N–H and O–H groups in total. The van der Waals surface area contributed by atoms with Crippen LogP contribution in [0.4, 0.5) is 13.2 Å². The van der Waals surface area contributed by atoms with Gasteiger partial charge in [-0.15, -0.1) is 0 Å². The van der Waals surface area contributed by atoms with Crippen LogP contribution in [0.3, 0.4) is 0 Å².